The fourth-order valence-corrected chi connectivity index (χ4v) is 5.65. The van der Waals surface area contributed by atoms with Crippen LogP contribution in [0, 0.1) is 17.8 Å². The van der Waals surface area contributed by atoms with E-state index >= 15 is 0 Å². The number of fused-ring (bicyclic) bond motifs is 1. The van der Waals surface area contributed by atoms with Gasteiger partial charge >= 0.3 is 5.97 Å². The molecule has 1 aromatic heterocycles. The van der Waals surface area contributed by atoms with Crippen molar-refractivity contribution in [1.29, 1.82) is 0 Å². The van der Waals surface area contributed by atoms with Crippen molar-refractivity contribution in [1.82, 2.24) is 9.55 Å². The molecule has 4 rings (SSSR count). The van der Waals surface area contributed by atoms with Gasteiger partial charge in [0.2, 0.25) is 0 Å². The largest absolute Gasteiger partial charge is 0.461 e. The van der Waals surface area contributed by atoms with Crippen molar-refractivity contribution in [3.8, 4) is 11.4 Å². The molecule has 5 heteroatoms. The fourth-order valence-electron chi connectivity index (χ4n) is 5.65. The molecule has 1 heterocycles. The Morgan fingerprint density at radius 3 is 2.40 bits per heavy atom. The number of imidazole rings is 1. The van der Waals surface area contributed by atoms with Gasteiger partial charge in [-0.05, 0) is 87.8 Å². The summed E-state index contributed by atoms with van der Waals surface area (Å²) in [4.78, 5) is 20.8. The first-order chi connectivity index (χ1) is 16.8. The van der Waals surface area contributed by atoms with Crippen molar-refractivity contribution in [3.05, 3.63) is 48.5 Å². The third kappa shape index (κ3) is 5.24. The highest BCUT2D eigenvalue weighted by Crippen LogP contribution is 2.37. The van der Waals surface area contributed by atoms with Crippen LogP contribution in [-0.4, -0.2) is 34.7 Å². The molecule has 0 unspecified atom stereocenters. The Kier molecular flexibility index (Phi) is 7.83. The smallest absolute Gasteiger partial charge is 0.329 e. The summed E-state index contributed by atoms with van der Waals surface area (Å²) in [6.07, 6.45) is 3.28. The lowest BCUT2D eigenvalue weighted by atomic mass is 9.75. The second kappa shape index (κ2) is 10.8. The number of para-hydroxylation sites is 2. The van der Waals surface area contributed by atoms with Crippen molar-refractivity contribution >= 4 is 22.7 Å². The van der Waals surface area contributed by atoms with Crippen LogP contribution in [0.25, 0.3) is 22.4 Å². The molecule has 4 atom stereocenters. The van der Waals surface area contributed by atoms with E-state index in [2.05, 4.69) is 68.4 Å². The van der Waals surface area contributed by atoms with Crippen LogP contribution in [-0.2, 0) is 9.53 Å². The first kappa shape index (κ1) is 25.3. The number of hydrogen-bond donors (Lipinski definition) is 0. The predicted molar refractivity (Wildman–Crippen MR) is 145 cm³/mol. The van der Waals surface area contributed by atoms with E-state index < -0.39 is 6.04 Å². The minimum Gasteiger partial charge on any atom is -0.461 e. The summed E-state index contributed by atoms with van der Waals surface area (Å²) in [7, 11) is 0. The van der Waals surface area contributed by atoms with Crippen LogP contribution in [0.2, 0.25) is 0 Å². The lowest BCUT2D eigenvalue weighted by Crippen LogP contribution is -2.37. The number of rotatable bonds is 8. The van der Waals surface area contributed by atoms with Crippen LogP contribution in [0.5, 0.6) is 0 Å². The molecule has 0 amide bonds. The summed E-state index contributed by atoms with van der Waals surface area (Å²) in [6.45, 7) is 15.0. The molecule has 35 heavy (non-hydrogen) atoms. The molecular formula is C30H41N3O2. The summed E-state index contributed by atoms with van der Waals surface area (Å²) >= 11 is 0. The van der Waals surface area contributed by atoms with Crippen LogP contribution in [0.4, 0.5) is 5.69 Å². The Labute approximate surface area is 210 Å². The average molecular weight is 476 g/mol. The average Bonchev–Trinajstić information content (AvgIpc) is 3.24. The third-order valence-electron chi connectivity index (χ3n) is 7.81. The minimum absolute atomic E-state index is 0.0136. The summed E-state index contributed by atoms with van der Waals surface area (Å²) < 4.78 is 8.30. The van der Waals surface area contributed by atoms with Gasteiger partial charge in [-0.15, -0.1) is 0 Å². The number of nitrogens with zero attached hydrogens (tertiary/aromatic N) is 3. The van der Waals surface area contributed by atoms with Crippen LogP contribution < -0.4 is 4.90 Å². The Balaban J connectivity index is 1.66. The molecule has 1 fully saturated rings. The Morgan fingerprint density at radius 1 is 1.06 bits per heavy atom. The quantitative estimate of drug-likeness (QED) is 0.326. The highest BCUT2D eigenvalue weighted by Gasteiger charge is 2.35. The van der Waals surface area contributed by atoms with Gasteiger partial charge in [0.15, 0.2) is 0 Å². The molecule has 188 valence electrons. The Morgan fingerprint density at radius 2 is 1.74 bits per heavy atom. The number of hydrogen-bond acceptors (Lipinski definition) is 4. The monoisotopic (exact) mass is 475 g/mol. The fraction of sp³-hybridized carbons (Fsp3) is 0.533. The van der Waals surface area contributed by atoms with E-state index in [0.29, 0.717) is 17.8 Å². The SMILES string of the molecule is CCN(CC)c1ccc(-c2nc3ccccc3n2[C@H](C)C(=O)O[C@@H]2C[C@H](C)CC[C@H]2C(C)C)cc1. The van der Waals surface area contributed by atoms with Crippen molar-refractivity contribution in [2.75, 3.05) is 18.0 Å². The number of esters is 1. The molecule has 0 aliphatic heterocycles. The number of anilines is 1. The molecular weight excluding hydrogens is 434 g/mol. The van der Waals surface area contributed by atoms with E-state index in [1.54, 1.807) is 0 Å². The van der Waals surface area contributed by atoms with Crippen molar-refractivity contribution in [2.45, 2.75) is 73.0 Å². The maximum atomic E-state index is 13.6. The van der Waals surface area contributed by atoms with Gasteiger partial charge in [0.25, 0.3) is 0 Å². The van der Waals surface area contributed by atoms with Gasteiger partial charge in [0, 0.05) is 24.3 Å². The lowest BCUT2D eigenvalue weighted by Gasteiger charge is -2.37. The van der Waals surface area contributed by atoms with Crippen LogP contribution in [0.15, 0.2) is 48.5 Å². The molecule has 1 aliphatic rings. The van der Waals surface area contributed by atoms with Gasteiger partial charge in [-0.1, -0.05) is 39.3 Å². The summed E-state index contributed by atoms with van der Waals surface area (Å²) in [5.74, 6) is 2.16. The molecule has 0 bridgehead atoms. The molecule has 0 spiro atoms. The van der Waals surface area contributed by atoms with Crippen LogP contribution in [0.3, 0.4) is 0 Å². The van der Waals surface area contributed by atoms with E-state index in [0.717, 1.165) is 48.4 Å². The maximum absolute atomic E-state index is 13.6. The zero-order chi connectivity index (χ0) is 25.1. The first-order valence-corrected chi connectivity index (χ1v) is 13.4. The Bertz CT molecular complexity index is 1130. The number of carbonyl (C=O) groups is 1. The van der Waals surface area contributed by atoms with Gasteiger partial charge in [0.1, 0.15) is 18.0 Å². The highest BCUT2D eigenvalue weighted by atomic mass is 16.5. The summed E-state index contributed by atoms with van der Waals surface area (Å²) in [6, 6.07) is 16.1. The van der Waals surface area contributed by atoms with Gasteiger partial charge in [-0.2, -0.15) is 0 Å². The molecule has 1 saturated carbocycles. The van der Waals surface area contributed by atoms with Crippen molar-refractivity contribution < 1.29 is 9.53 Å². The van der Waals surface area contributed by atoms with Crippen LogP contribution >= 0.6 is 0 Å². The lowest BCUT2D eigenvalue weighted by molar-refractivity contribution is -0.159. The molecule has 1 aliphatic carbocycles. The van der Waals surface area contributed by atoms with Crippen LogP contribution in [0.1, 0.15) is 66.8 Å². The van der Waals surface area contributed by atoms with E-state index in [1.807, 2.05) is 31.2 Å². The number of ether oxygens (including phenoxy) is 1. The maximum Gasteiger partial charge on any atom is 0.329 e. The molecule has 0 radical (unpaired) electrons. The van der Waals surface area contributed by atoms with Crippen molar-refractivity contribution in [3.63, 3.8) is 0 Å². The molecule has 0 N–H and O–H groups in total. The zero-order valence-corrected chi connectivity index (χ0v) is 22.2. The highest BCUT2D eigenvalue weighted by molar-refractivity contribution is 5.85. The second-order valence-corrected chi connectivity index (χ2v) is 10.5. The van der Waals surface area contributed by atoms with E-state index in [4.69, 9.17) is 9.72 Å². The van der Waals surface area contributed by atoms with Gasteiger partial charge < -0.3 is 14.2 Å². The van der Waals surface area contributed by atoms with E-state index in [9.17, 15) is 4.79 Å². The predicted octanol–water partition coefficient (Wildman–Crippen LogP) is 7.11. The zero-order valence-electron chi connectivity index (χ0n) is 22.2. The van der Waals surface area contributed by atoms with Gasteiger partial charge in [0.05, 0.1) is 11.0 Å². The van der Waals surface area contributed by atoms with Gasteiger partial charge in [-0.3, -0.25) is 0 Å². The molecule has 0 saturated heterocycles. The topological polar surface area (TPSA) is 47.4 Å². The normalized spacial score (nSPS) is 21.3. The summed E-state index contributed by atoms with van der Waals surface area (Å²) in [5, 5.41) is 0. The van der Waals surface area contributed by atoms with Crippen molar-refractivity contribution in [2.24, 2.45) is 17.8 Å². The number of benzene rings is 2. The second-order valence-electron chi connectivity index (χ2n) is 10.5. The van der Waals surface area contributed by atoms with E-state index in [1.165, 1.54) is 12.1 Å². The number of aromatic nitrogens is 2. The van der Waals surface area contributed by atoms with Gasteiger partial charge in [-0.25, -0.2) is 9.78 Å². The third-order valence-corrected chi connectivity index (χ3v) is 7.81. The minimum atomic E-state index is -0.468. The standard InChI is InChI=1S/C30H41N3O2/c1-7-32(8-2)24-16-14-23(15-17-24)29-31-26-11-9-10-12-27(26)33(29)22(6)30(34)35-28-19-21(5)13-18-25(28)20(3)4/h9-12,14-17,20-22,25,28H,7-8,13,18-19H2,1-6H3/t21-,22-,25+,28-/m1/s1. The first-order valence-electron chi connectivity index (χ1n) is 13.4. The number of carbonyl (C=O) groups excluding carboxylic acids is 1. The summed E-state index contributed by atoms with van der Waals surface area (Å²) in [5.41, 5.74) is 4.04. The molecule has 5 nitrogen and oxygen atoms in total. The molecule has 3 aromatic rings. The Hall–Kier alpha value is -2.82. The molecule has 2 aromatic carbocycles. The van der Waals surface area contributed by atoms with E-state index in [-0.39, 0.29) is 12.1 Å².